The number of nitrogens with one attached hydrogen (secondary N) is 1. The average Bonchev–Trinajstić information content (AvgIpc) is 2.37. The largest absolute Gasteiger partial charge is 0.478 e. The van der Waals surface area contributed by atoms with Gasteiger partial charge in [0.25, 0.3) is 0 Å². The number of carbonyl (C=O) groups excluding carboxylic acids is 1. The molecular weight excluding hydrogens is 251 g/mol. The minimum atomic E-state index is -1.17. The summed E-state index contributed by atoms with van der Waals surface area (Å²) < 4.78 is 13.4. The van der Waals surface area contributed by atoms with Gasteiger partial charge in [-0.15, -0.1) is 0 Å². The zero-order valence-corrected chi connectivity index (χ0v) is 10.5. The van der Waals surface area contributed by atoms with Gasteiger partial charge in [-0.2, -0.15) is 0 Å². The highest BCUT2D eigenvalue weighted by Gasteiger charge is 2.10. The molecule has 0 saturated heterocycles. The number of amides is 1. The van der Waals surface area contributed by atoms with Gasteiger partial charge < -0.3 is 16.2 Å². The quantitative estimate of drug-likeness (QED) is 0.659. The van der Waals surface area contributed by atoms with Crippen molar-refractivity contribution in [3.63, 3.8) is 0 Å². The zero-order chi connectivity index (χ0) is 14.3. The van der Waals surface area contributed by atoms with Crippen molar-refractivity contribution in [1.82, 2.24) is 0 Å². The Hall–Kier alpha value is -1.95. The molecule has 0 bridgehead atoms. The Balaban J connectivity index is 2.58. The first-order valence-electron chi connectivity index (χ1n) is 6.07. The fourth-order valence-electron chi connectivity index (χ4n) is 1.57. The molecule has 0 saturated carbocycles. The Morgan fingerprint density at radius 3 is 2.63 bits per heavy atom. The molecule has 0 aliphatic carbocycles. The third-order valence-corrected chi connectivity index (χ3v) is 2.60. The van der Waals surface area contributed by atoms with Crippen molar-refractivity contribution in [2.24, 2.45) is 5.73 Å². The van der Waals surface area contributed by atoms with Gasteiger partial charge in [0.05, 0.1) is 11.3 Å². The lowest BCUT2D eigenvalue weighted by atomic mass is 10.1. The van der Waals surface area contributed by atoms with Gasteiger partial charge in [0.1, 0.15) is 5.82 Å². The number of halogens is 1. The van der Waals surface area contributed by atoms with E-state index in [9.17, 15) is 14.0 Å². The Morgan fingerprint density at radius 2 is 2.00 bits per heavy atom. The minimum Gasteiger partial charge on any atom is -0.478 e. The molecule has 0 atom stereocenters. The lowest BCUT2D eigenvalue weighted by Crippen LogP contribution is -2.13. The topological polar surface area (TPSA) is 92.4 Å². The molecule has 0 aromatic heterocycles. The van der Waals surface area contributed by atoms with E-state index in [4.69, 9.17) is 10.8 Å². The van der Waals surface area contributed by atoms with E-state index >= 15 is 0 Å². The second kappa shape index (κ2) is 7.48. The van der Waals surface area contributed by atoms with Crippen molar-refractivity contribution in [2.45, 2.75) is 25.7 Å². The van der Waals surface area contributed by atoms with Crippen LogP contribution >= 0.6 is 0 Å². The summed E-state index contributed by atoms with van der Waals surface area (Å²) in [5.74, 6) is -2.16. The molecule has 0 fully saturated rings. The molecule has 1 rings (SSSR count). The van der Waals surface area contributed by atoms with Crippen LogP contribution in [0, 0.1) is 5.82 Å². The van der Waals surface area contributed by atoms with E-state index in [1.165, 1.54) is 0 Å². The maximum absolute atomic E-state index is 13.4. The smallest absolute Gasteiger partial charge is 0.335 e. The van der Waals surface area contributed by atoms with Gasteiger partial charge in [0.2, 0.25) is 5.91 Å². The van der Waals surface area contributed by atoms with E-state index in [2.05, 4.69) is 5.32 Å². The molecule has 0 spiro atoms. The lowest BCUT2D eigenvalue weighted by Gasteiger charge is -2.07. The molecule has 104 valence electrons. The summed E-state index contributed by atoms with van der Waals surface area (Å²) >= 11 is 0. The van der Waals surface area contributed by atoms with Crippen molar-refractivity contribution < 1.29 is 19.1 Å². The number of carboxylic acids is 1. The number of hydrogen-bond donors (Lipinski definition) is 3. The standard InChI is InChI=1S/C13H17FN2O3/c14-10-6-5-9(13(18)19)8-11(10)16-12(17)4-2-1-3-7-15/h5-6,8H,1-4,7,15H2,(H,16,17)(H,18,19). The van der Waals surface area contributed by atoms with Crippen LogP contribution in [0.15, 0.2) is 18.2 Å². The van der Waals surface area contributed by atoms with Crippen LogP contribution in [0.3, 0.4) is 0 Å². The maximum Gasteiger partial charge on any atom is 0.335 e. The van der Waals surface area contributed by atoms with Crippen molar-refractivity contribution in [3.8, 4) is 0 Å². The molecule has 5 nitrogen and oxygen atoms in total. The van der Waals surface area contributed by atoms with Gasteiger partial charge >= 0.3 is 5.97 Å². The number of aromatic carboxylic acids is 1. The summed E-state index contributed by atoms with van der Waals surface area (Å²) in [5, 5.41) is 11.2. The van der Waals surface area contributed by atoms with Gasteiger partial charge in [-0.25, -0.2) is 9.18 Å². The first-order valence-corrected chi connectivity index (χ1v) is 6.07. The highest BCUT2D eigenvalue weighted by atomic mass is 19.1. The number of nitrogens with two attached hydrogens (primary N) is 1. The number of carbonyl (C=O) groups is 2. The predicted octanol–water partition coefficient (Wildman–Crippen LogP) is 1.98. The maximum atomic E-state index is 13.4. The normalized spacial score (nSPS) is 10.2. The van der Waals surface area contributed by atoms with E-state index in [0.29, 0.717) is 13.0 Å². The summed E-state index contributed by atoms with van der Waals surface area (Å²) in [6, 6.07) is 3.28. The third-order valence-electron chi connectivity index (χ3n) is 2.60. The number of hydrogen-bond acceptors (Lipinski definition) is 3. The Kier molecular flexibility index (Phi) is 5.95. The van der Waals surface area contributed by atoms with Gasteiger partial charge in [-0.3, -0.25) is 4.79 Å². The molecule has 1 aromatic rings. The first kappa shape index (κ1) is 15.1. The molecular formula is C13H17FN2O3. The van der Waals surface area contributed by atoms with E-state index in [1.54, 1.807) is 0 Å². The zero-order valence-electron chi connectivity index (χ0n) is 10.5. The number of benzene rings is 1. The van der Waals surface area contributed by atoms with E-state index in [-0.39, 0.29) is 23.6 Å². The number of rotatable bonds is 7. The van der Waals surface area contributed by atoms with Crippen LogP contribution in [0.4, 0.5) is 10.1 Å². The Labute approximate surface area is 110 Å². The summed E-state index contributed by atoms with van der Waals surface area (Å²) in [4.78, 5) is 22.3. The third kappa shape index (κ3) is 5.05. The molecule has 19 heavy (non-hydrogen) atoms. The van der Waals surface area contributed by atoms with Crippen LogP contribution in [0.2, 0.25) is 0 Å². The highest BCUT2D eigenvalue weighted by Crippen LogP contribution is 2.17. The molecule has 0 aliphatic heterocycles. The second-order valence-corrected chi connectivity index (χ2v) is 4.15. The highest BCUT2D eigenvalue weighted by molar-refractivity contribution is 5.94. The first-order chi connectivity index (χ1) is 9.04. The Bertz CT molecular complexity index is 463. The van der Waals surface area contributed by atoms with Crippen molar-refractivity contribution in [2.75, 3.05) is 11.9 Å². The summed E-state index contributed by atoms with van der Waals surface area (Å²) in [6.45, 7) is 0.580. The van der Waals surface area contributed by atoms with Crippen LogP contribution in [0.1, 0.15) is 36.0 Å². The molecule has 0 unspecified atom stereocenters. The molecule has 0 radical (unpaired) electrons. The summed E-state index contributed by atoms with van der Waals surface area (Å²) in [7, 11) is 0. The van der Waals surface area contributed by atoms with Crippen molar-refractivity contribution in [3.05, 3.63) is 29.6 Å². The number of carboxylic acid groups (broad SMARTS) is 1. The summed E-state index contributed by atoms with van der Waals surface area (Å²) in [5.41, 5.74) is 5.15. The fraction of sp³-hybridized carbons (Fsp3) is 0.385. The Morgan fingerprint density at radius 1 is 1.26 bits per heavy atom. The van der Waals surface area contributed by atoms with Gasteiger partial charge in [-0.1, -0.05) is 6.42 Å². The molecule has 0 aliphatic rings. The summed E-state index contributed by atoms with van der Waals surface area (Å²) in [6.07, 6.45) is 2.61. The van der Waals surface area contributed by atoms with Crippen LogP contribution in [0.25, 0.3) is 0 Å². The van der Waals surface area contributed by atoms with Crippen LogP contribution in [-0.4, -0.2) is 23.5 Å². The van der Waals surface area contributed by atoms with E-state index in [1.807, 2.05) is 0 Å². The van der Waals surface area contributed by atoms with Gasteiger partial charge in [0, 0.05) is 6.42 Å². The molecule has 0 heterocycles. The lowest BCUT2D eigenvalue weighted by molar-refractivity contribution is -0.116. The van der Waals surface area contributed by atoms with Crippen LogP contribution in [0.5, 0.6) is 0 Å². The second-order valence-electron chi connectivity index (χ2n) is 4.15. The monoisotopic (exact) mass is 268 g/mol. The van der Waals surface area contributed by atoms with Gasteiger partial charge in [-0.05, 0) is 37.6 Å². The number of unbranched alkanes of at least 4 members (excludes halogenated alkanes) is 2. The average molecular weight is 268 g/mol. The predicted molar refractivity (Wildman–Crippen MR) is 69.5 cm³/mol. The molecule has 6 heteroatoms. The van der Waals surface area contributed by atoms with Gasteiger partial charge in [0.15, 0.2) is 0 Å². The van der Waals surface area contributed by atoms with Crippen molar-refractivity contribution >= 4 is 17.6 Å². The van der Waals surface area contributed by atoms with E-state index in [0.717, 1.165) is 31.0 Å². The molecule has 1 aromatic carbocycles. The minimum absolute atomic E-state index is 0.0696. The van der Waals surface area contributed by atoms with Crippen LogP contribution < -0.4 is 11.1 Å². The number of anilines is 1. The van der Waals surface area contributed by atoms with E-state index < -0.39 is 11.8 Å². The molecule has 1 amide bonds. The van der Waals surface area contributed by atoms with Crippen molar-refractivity contribution in [1.29, 1.82) is 0 Å². The SMILES string of the molecule is NCCCCCC(=O)Nc1cc(C(=O)O)ccc1F. The van der Waals surface area contributed by atoms with Crippen LogP contribution in [-0.2, 0) is 4.79 Å². The molecule has 4 N–H and O–H groups in total. The fourth-order valence-corrected chi connectivity index (χ4v) is 1.57.